The molecule has 1 N–H and O–H groups in total. The minimum atomic E-state index is -0.336. The third kappa shape index (κ3) is 3.15. The zero-order valence-electron chi connectivity index (χ0n) is 17.2. The highest BCUT2D eigenvalue weighted by molar-refractivity contribution is 6.30. The minimum absolute atomic E-state index is 0.0990. The summed E-state index contributed by atoms with van der Waals surface area (Å²) in [4.78, 5) is 13.0. The summed E-state index contributed by atoms with van der Waals surface area (Å²) >= 11 is 6.18. The van der Waals surface area contributed by atoms with Gasteiger partial charge in [0.1, 0.15) is 0 Å². The molecule has 3 nitrogen and oxygen atoms in total. The normalized spacial score (nSPS) is 31.1. The van der Waals surface area contributed by atoms with Crippen molar-refractivity contribution in [3.05, 3.63) is 69.7 Å². The van der Waals surface area contributed by atoms with E-state index in [4.69, 9.17) is 11.6 Å². The van der Waals surface area contributed by atoms with Gasteiger partial charge >= 0.3 is 0 Å². The molecule has 1 amide bonds. The third-order valence-corrected chi connectivity index (χ3v) is 7.58. The van der Waals surface area contributed by atoms with Crippen molar-refractivity contribution in [3.63, 3.8) is 0 Å². The zero-order valence-corrected chi connectivity index (χ0v) is 18.0. The number of aryl methyl sites for hydroxylation is 1. The molecule has 2 aromatic rings. The summed E-state index contributed by atoms with van der Waals surface area (Å²) < 4.78 is 0. The molecule has 1 saturated carbocycles. The van der Waals surface area contributed by atoms with E-state index in [-0.39, 0.29) is 35.1 Å². The predicted octanol–water partition coefficient (Wildman–Crippen LogP) is 5.71. The first-order chi connectivity index (χ1) is 13.9. The van der Waals surface area contributed by atoms with Gasteiger partial charge in [-0.25, -0.2) is 0 Å². The Morgan fingerprint density at radius 3 is 2.62 bits per heavy atom. The molecule has 0 radical (unpaired) electrons. The Kier molecular flexibility index (Phi) is 5.17. The highest BCUT2D eigenvalue weighted by Gasteiger charge is 2.59. The summed E-state index contributed by atoms with van der Waals surface area (Å²) in [5.41, 5.74) is 3.82. The fraction of sp³-hybridized carbons (Fsp3) is 0.440. The average molecular weight is 407 g/mol. The van der Waals surface area contributed by atoms with Gasteiger partial charge in [0.15, 0.2) is 0 Å². The molecule has 1 aliphatic carbocycles. The van der Waals surface area contributed by atoms with Crippen molar-refractivity contribution in [2.45, 2.75) is 57.9 Å². The maximum atomic E-state index is 13.0. The second kappa shape index (κ2) is 7.50. The number of benzene rings is 2. The van der Waals surface area contributed by atoms with Gasteiger partial charge in [0.25, 0.3) is 0 Å². The summed E-state index contributed by atoms with van der Waals surface area (Å²) in [6.07, 6.45) is 2.59. The maximum Gasteiger partial charge on any atom is 0.226 e. The molecule has 1 heterocycles. The molecule has 2 fully saturated rings. The van der Waals surface area contributed by atoms with E-state index in [1.54, 1.807) is 0 Å². The molecule has 29 heavy (non-hydrogen) atoms. The highest BCUT2D eigenvalue weighted by atomic mass is 35.5. The molecule has 4 heteroatoms. The molecular formula is C25H27ClN2O. The molecule has 5 atom stereocenters. The molecular weight excluding hydrogens is 380 g/mol. The number of hydrogen-bond donors (Lipinski definition) is 1. The van der Waals surface area contributed by atoms with Crippen LogP contribution in [0.5, 0.6) is 0 Å². The van der Waals surface area contributed by atoms with Crippen molar-refractivity contribution in [2.24, 2.45) is 11.3 Å². The minimum Gasteiger partial charge on any atom is -0.353 e. The van der Waals surface area contributed by atoms with Crippen LogP contribution >= 0.6 is 11.6 Å². The first kappa shape index (κ1) is 20.0. The Hall–Kier alpha value is -2.31. The first-order valence-electron chi connectivity index (χ1n) is 10.5. The van der Waals surface area contributed by atoms with Gasteiger partial charge in [0.05, 0.1) is 17.0 Å². The van der Waals surface area contributed by atoms with Crippen LogP contribution in [0.25, 0.3) is 0 Å². The number of amides is 1. The molecule has 4 rings (SSSR count). The number of hydrogen-bond acceptors (Lipinski definition) is 2. The molecule has 0 aromatic heterocycles. The van der Waals surface area contributed by atoms with Gasteiger partial charge in [-0.2, -0.15) is 5.26 Å². The summed E-state index contributed by atoms with van der Waals surface area (Å²) in [6.45, 7) is 6.29. The summed E-state index contributed by atoms with van der Waals surface area (Å²) in [5.74, 6) is 0.739. The standard InChI is InChI=1S/C25H27ClN2O/c1-4-25-12-11-21(20-10-5-15(2)13-18(20)14-27)22(17-6-8-19(26)9-7-17)23(25)16(3)28-24(25)29/h5-10,13,16,21-23H,4,11-12H2,1-3H3,(H,28,29)/t16-,21+,22?,23+,25-/m1/s1. The zero-order chi connectivity index (χ0) is 20.8. The molecule has 1 saturated heterocycles. The van der Waals surface area contributed by atoms with Crippen LogP contribution in [0.15, 0.2) is 42.5 Å². The number of nitrogens with zero attached hydrogens (tertiary/aromatic N) is 1. The summed E-state index contributed by atoms with van der Waals surface area (Å²) in [5, 5.41) is 13.8. The molecule has 1 aliphatic heterocycles. The van der Waals surface area contributed by atoms with E-state index in [2.05, 4.69) is 49.5 Å². The van der Waals surface area contributed by atoms with Gasteiger partial charge in [0, 0.05) is 17.0 Å². The van der Waals surface area contributed by atoms with Crippen LogP contribution in [0.4, 0.5) is 0 Å². The summed E-state index contributed by atoms with van der Waals surface area (Å²) in [7, 11) is 0. The van der Waals surface area contributed by atoms with Crippen LogP contribution in [0, 0.1) is 29.6 Å². The van der Waals surface area contributed by atoms with Gasteiger partial charge in [-0.1, -0.05) is 42.8 Å². The fourth-order valence-corrected chi connectivity index (χ4v) is 6.11. The summed E-state index contributed by atoms with van der Waals surface area (Å²) in [6, 6.07) is 16.8. The second-order valence-electron chi connectivity index (χ2n) is 8.72. The molecule has 1 unspecified atom stereocenters. The van der Waals surface area contributed by atoms with Crippen molar-refractivity contribution in [1.82, 2.24) is 5.32 Å². The Morgan fingerprint density at radius 1 is 1.24 bits per heavy atom. The van der Waals surface area contributed by atoms with Gasteiger partial charge < -0.3 is 5.32 Å². The van der Waals surface area contributed by atoms with E-state index in [0.717, 1.165) is 36.0 Å². The van der Waals surface area contributed by atoms with Crippen LogP contribution in [0.3, 0.4) is 0 Å². The smallest absolute Gasteiger partial charge is 0.226 e. The van der Waals surface area contributed by atoms with Crippen LogP contribution in [0.1, 0.15) is 67.2 Å². The van der Waals surface area contributed by atoms with E-state index in [0.29, 0.717) is 5.02 Å². The molecule has 2 aliphatic rings. The molecule has 0 bridgehead atoms. The quantitative estimate of drug-likeness (QED) is 0.709. The number of nitrogens with one attached hydrogen (secondary N) is 1. The Bertz CT molecular complexity index is 977. The number of rotatable bonds is 3. The van der Waals surface area contributed by atoms with E-state index in [1.807, 2.05) is 25.1 Å². The molecule has 150 valence electrons. The second-order valence-corrected chi connectivity index (χ2v) is 9.16. The number of fused-ring (bicyclic) bond motifs is 1. The Labute approximate surface area is 178 Å². The average Bonchev–Trinajstić information content (AvgIpc) is 2.98. The van der Waals surface area contributed by atoms with E-state index in [1.165, 1.54) is 5.56 Å². The topological polar surface area (TPSA) is 52.9 Å². The number of carbonyl (C=O) groups is 1. The van der Waals surface area contributed by atoms with E-state index in [9.17, 15) is 10.1 Å². The number of carbonyl (C=O) groups excluding carboxylic acids is 1. The first-order valence-corrected chi connectivity index (χ1v) is 10.9. The molecule has 0 spiro atoms. The van der Waals surface area contributed by atoms with Crippen molar-refractivity contribution in [2.75, 3.05) is 0 Å². The lowest BCUT2D eigenvalue weighted by Gasteiger charge is -2.47. The SMILES string of the molecule is CC[C@@]12CC[C@@H](c3ccc(C)cc3C#N)C(c3ccc(Cl)cc3)[C@@H]1[C@@H](C)NC2=O. The van der Waals surface area contributed by atoms with Crippen LogP contribution < -0.4 is 5.32 Å². The van der Waals surface area contributed by atoms with Gasteiger partial charge in [-0.05, 0) is 79.8 Å². The van der Waals surface area contributed by atoms with Crippen LogP contribution in [-0.4, -0.2) is 11.9 Å². The van der Waals surface area contributed by atoms with Gasteiger partial charge in [-0.15, -0.1) is 0 Å². The number of nitriles is 1. The lowest BCUT2D eigenvalue weighted by atomic mass is 9.54. The predicted molar refractivity (Wildman–Crippen MR) is 116 cm³/mol. The van der Waals surface area contributed by atoms with E-state index >= 15 is 0 Å². The monoisotopic (exact) mass is 406 g/mol. The van der Waals surface area contributed by atoms with Gasteiger partial charge in [0.2, 0.25) is 5.91 Å². The van der Waals surface area contributed by atoms with Gasteiger partial charge in [-0.3, -0.25) is 4.79 Å². The van der Waals surface area contributed by atoms with Crippen molar-refractivity contribution < 1.29 is 4.79 Å². The van der Waals surface area contributed by atoms with Crippen molar-refractivity contribution in [3.8, 4) is 6.07 Å². The third-order valence-electron chi connectivity index (χ3n) is 7.32. The Morgan fingerprint density at radius 2 is 1.97 bits per heavy atom. The highest BCUT2D eigenvalue weighted by Crippen LogP contribution is 2.60. The van der Waals surface area contributed by atoms with E-state index < -0.39 is 0 Å². The number of halogens is 1. The lowest BCUT2D eigenvalue weighted by Crippen LogP contribution is -2.44. The Balaban J connectivity index is 1.89. The van der Waals surface area contributed by atoms with Crippen LogP contribution in [-0.2, 0) is 4.79 Å². The lowest BCUT2D eigenvalue weighted by molar-refractivity contribution is -0.131. The van der Waals surface area contributed by atoms with Crippen LogP contribution in [0.2, 0.25) is 5.02 Å². The largest absolute Gasteiger partial charge is 0.353 e. The molecule has 2 aromatic carbocycles. The maximum absolute atomic E-state index is 13.0. The fourth-order valence-electron chi connectivity index (χ4n) is 5.98. The van der Waals surface area contributed by atoms with Crippen molar-refractivity contribution >= 4 is 17.5 Å². The van der Waals surface area contributed by atoms with Crippen molar-refractivity contribution in [1.29, 1.82) is 5.26 Å².